The van der Waals surface area contributed by atoms with Crippen LogP contribution in [0, 0.1) is 13.8 Å². The molecule has 15 heavy (non-hydrogen) atoms. The van der Waals surface area contributed by atoms with Crippen LogP contribution < -0.4 is 5.73 Å². The Labute approximate surface area is 97.4 Å². The molecule has 2 heteroatoms. The number of thioether (sulfide) groups is 1. The van der Waals surface area contributed by atoms with E-state index in [1.54, 1.807) is 0 Å². The molecule has 0 amide bonds. The molecule has 0 aliphatic carbocycles. The highest BCUT2D eigenvalue weighted by Crippen LogP contribution is 2.20. The van der Waals surface area contributed by atoms with Gasteiger partial charge in [-0.2, -0.15) is 11.8 Å². The first-order valence-electron chi connectivity index (χ1n) is 5.55. The van der Waals surface area contributed by atoms with Crippen molar-refractivity contribution in [3.8, 4) is 0 Å². The zero-order valence-corrected chi connectivity index (χ0v) is 10.7. The molecule has 2 N–H and O–H groups in total. The molecular formula is C13H21NS. The van der Waals surface area contributed by atoms with Crippen molar-refractivity contribution >= 4 is 11.8 Å². The molecule has 0 saturated heterocycles. The molecule has 84 valence electrons. The van der Waals surface area contributed by atoms with Crippen LogP contribution in [0.3, 0.4) is 0 Å². The van der Waals surface area contributed by atoms with E-state index in [0.717, 1.165) is 5.75 Å². The van der Waals surface area contributed by atoms with Crippen molar-refractivity contribution in [2.45, 2.75) is 33.2 Å². The highest BCUT2D eigenvalue weighted by atomic mass is 32.2. The van der Waals surface area contributed by atoms with Gasteiger partial charge in [-0.1, -0.05) is 30.7 Å². The topological polar surface area (TPSA) is 26.0 Å². The van der Waals surface area contributed by atoms with Gasteiger partial charge in [-0.3, -0.25) is 0 Å². The van der Waals surface area contributed by atoms with Crippen LogP contribution in [-0.4, -0.2) is 11.5 Å². The van der Waals surface area contributed by atoms with Gasteiger partial charge in [0.05, 0.1) is 0 Å². The smallest absolute Gasteiger partial charge is 0.0389 e. The van der Waals surface area contributed by atoms with E-state index in [0.29, 0.717) is 0 Å². The van der Waals surface area contributed by atoms with Gasteiger partial charge in [-0.15, -0.1) is 0 Å². The van der Waals surface area contributed by atoms with Crippen molar-refractivity contribution in [2.75, 3.05) is 11.5 Å². The van der Waals surface area contributed by atoms with Gasteiger partial charge in [0.25, 0.3) is 0 Å². The maximum atomic E-state index is 6.17. The third-order valence-corrected chi connectivity index (χ3v) is 3.76. The Kier molecular flexibility index (Phi) is 5.20. The Morgan fingerprint density at radius 2 is 2.07 bits per heavy atom. The van der Waals surface area contributed by atoms with Crippen LogP contribution in [-0.2, 0) is 0 Å². The largest absolute Gasteiger partial charge is 0.323 e. The molecule has 1 nitrogen and oxygen atoms in total. The van der Waals surface area contributed by atoms with Gasteiger partial charge in [0.1, 0.15) is 0 Å². The first-order chi connectivity index (χ1) is 7.15. The number of hydrogen-bond acceptors (Lipinski definition) is 2. The number of hydrogen-bond donors (Lipinski definition) is 1. The van der Waals surface area contributed by atoms with E-state index in [-0.39, 0.29) is 6.04 Å². The predicted octanol–water partition coefficient (Wildman–Crippen LogP) is 3.45. The SMILES string of the molecule is CCCSCC(N)c1ccc(C)cc1C. The van der Waals surface area contributed by atoms with Gasteiger partial charge in [0, 0.05) is 11.8 Å². The van der Waals surface area contributed by atoms with Crippen LogP contribution in [0.4, 0.5) is 0 Å². The molecule has 0 aliphatic heterocycles. The van der Waals surface area contributed by atoms with E-state index in [4.69, 9.17) is 5.73 Å². The quantitative estimate of drug-likeness (QED) is 0.774. The minimum atomic E-state index is 0.183. The number of aryl methyl sites for hydroxylation is 2. The minimum Gasteiger partial charge on any atom is -0.323 e. The van der Waals surface area contributed by atoms with E-state index >= 15 is 0 Å². The summed E-state index contributed by atoms with van der Waals surface area (Å²) in [5, 5.41) is 0. The molecule has 0 heterocycles. The standard InChI is InChI=1S/C13H21NS/c1-4-7-15-9-13(14)12-6-5-10(2)8-11(12)3/h5-6,8,13H,4,7,9,14H2,1-3H3. The normalized spacial score (nSPS) is 12.8. The molecular weight excluding hydrogens is 202 g/mol. The van der Waals surface area contributed by atoms with Gasteiger partial charge in [-0.05, 0) is 37.1 Å². The molecule has 1 unspecified atom stereocenters. The fraction of sp³-hybridized carbons (Fsp3) is 0.538. The molecule has 0 radical (unpaired) electrons. The van der Waals surface area contributed by atoms with E-state index in [1.165, 1.54) is 28.9 Å². The lowest BCUT2D eigenvalue weighted by molar-refractivity contribution is 0.821. The Hall–Kier alpha value is -0.470. The minimum absolute atomic E-state index is 0.183. The van der Waals surface area contributed by atoms with E-state index in [2.05, 4.69) is 39.0 Å². The van der Waals surface area contributed by atoms with Gasteiger partial charge >= 0.3 is 0 Å². The maximum absolute atomic E-state index is 6.17. The van der Waals surface area contributed by atoms with E-state index in [1.807, 2.05) is 11.8 Å². The van der Waals surface area contributed by atoms with Crippen molar-refractivity contribution < 1.29 is 0 Å². The van der Waals surface area contributed by atoms with Gasteiger partial charge in [0.2, 0.25) is 0 Å². The van der Waals surface area contributed by atoms with Crippen LogP contribution in [0.2, 0.25) is 0 Å². The van der Waals surface area contributed by atoms with Crippen molar-refractivity contribution in [3.05, 3.63) is 34.9 Å². The molecule has 1 aromatic carbocycles. The van der Waals surface area contributed by atoms with Crippen LogP contribution in [0.5, 0.6) is 0 Å². The van der Waals surface area contributed by atoms with Crippen LogP contribution in [0.1, 0.15) is 36.1 Å². The van der Waals surface area contributed by atoms with Crippen LogP contribution in [0.25, 0.3) is 0 Å². The lowest BCUT2D eigenvalue weighted by Gasteiger charge is -2.14. The maximum Gasteiger partial charge on any atom is 0.0389 e. The van der Waals surface area contributed by atoms with Crippen molar-refractivity contribution in [1.29, 1.82) is 0 Å². The Morgan fingerprint density at radius 1 is 1.33 bits per heavy atom. The Morgan fingerprint density at radius 3 is 2.67 bits per heavy atom. The molecule has 0 bridgehead atoms. The average Bonchev–Trinajstić information content (AvgIpc) is 2.17. The molecule has 0 fully saturated rings. The van der Waals surface area contributed by atoms with Crippen molar-refractivity contribution in [2.24, 2.45) is 5.73 Å². The van der Waals surface area contributed by atoms with E-state index in [9.17, 15) is 0 Å². The highest BCUT2D eigenvalue weighted by Gasteiger charge is 2.08. The van der Waals surface area contributed by atoms with Crippen LogP contribution in [0.15, 0.2) is 18.2 Å². The van der Waals surface area contributed by atoms with Crippen molar-refractivity contribution in [1.82, 2.24) is 0 Å². The second-order valence-electron chi connectivity index (χ2n) is 4.04. The monoisotopic (exact) mass is 223 g/mol. The van der Waals surface area contributed by atoms with Gasteiger partial charge in [-0.25, -0.2) is 0 Å². The molecule has 1 aromatic rings. The average molecular weight is 223 g/mol. The second-order valence-corrected chi connectivity index (χ2v) is 5.19. The summed E-state index contributed by atoms with van der Waals surface area (Å²) in [6.45, 7) is 6.47. The molecule has 1 atom stereocenters. The molecule has 0 aliphatic rings. The molecule has 1 rings (SSSR count). The zero-order valence-electron chi connectivity index (χ0n) is 9.92. The lowest BCUT2D eigenvalue weighted by atomic mass is 10.0. The summed E-state index contributed by atoms with van der Waals surface area (Å²) < 4.78 is 0. The molecule has 0 spiro atoms. The number of nitrogens with two attached hydrogens (primary N) is 1. The first kappa shape index (κ1) is 12.6. The fourth-order valence-electron chi connectivity index (χ4n) is 1.69. The fourth-order valence-corrected chi connectivity index (χ4v) is 2.57. The molecule has 0 aromatic heterocycles. The summed E-state index contributed by atoms with van der Waals surface area (Å²) in [5.74, 6) is 2.23. The summed E-state index contributed by atoms with van der Waals surface area (Å²) in [7, 11) is 0. The first-order valence-corrected chi connectivity index (χ1v) is 6.71. The number of rotatable bonds is 5. The van der Waals surface area contributed by atoms with Gasteiger partial charge in [0.15, 0.2) is 0 Å². The van der Waals surface area contributed by atoms with Gasteiger partial charge < -0.3 is 5.73 Å². The molecule has 0 saturated carbocycles. The second kappa shape index (κ2) is 6.19. The predicted molar refractivity (Wildman–Crippen MR) is 70.5 cm³/mol. The van der Waals surface area contributed by atoms with E-state index < -0.39 is 0 Å². The lowest BCUT2D eigenvalue weighted by Crippen LogP contribution is -2.14. The third kappa shape index (κ3) is 3.88. The van der Waals surface area contributed by atoms with Crippen molar-refractivity contribution in [3.63, 3.8) is 0 Å². The third-order valence-electron chi connectivity index (χ3n) is 2.47. The Bertz CT molecular complexity index is 309. The zero-order chi connectivity index (χ0) is 11.3. The highest BCUT2D eigenvalue weighted by molar-refractivity contribution is 7.99. The Balaban J connectivity index is 2.61. The summed E-state index contributed by atoms with van der Waals surface area (Å²) in [4.78, 5) is 0. The summed E-state index contributed by atoms with van der Waals surface area (Å²) in [6.07, 6.45) is 1.23. The summed E-state index contributed by atoms with van der Waals surface area (Å²) in [6, 6.07) is 6.70. The van der Waals surface area contributed by atoms with Crippen LogP contribution >= 0.6 is 11.8 Å². The number of benzene rings is 1. The summed E-state index contributed by atoms with van der Waals surface area (Å²) >= 11 is 1.94. The summed E-state index contributed by atoms with van der Waals surface area (Å²) in [5.41, 5.74) is 10.1.